The molecule has 1 aromatic carbocycles. The number of halogens is 3. The Morgan fingerprint density at radius 2 is 1.88 bits per heavy atom. The third kappa shape index (κ3) is 6.21. The fourth-order valence-corrected chi connectivity index (χ4v) is 5.96. The molecular formula is C29H37F3N8O3. The van der Waals surface area contributed by atoms with Crippen LogP contribution in [0.15, 0.2) is 24.3 Å². The fourth-order valence-electron chi connectivity index (χ4n) is 5.96. The van der Waals surface area contributed by atoms with Gasteiger partial charge in [0.05, 0.1) is 31.4 Å². The molecule has 3 atom stereocenters. The maximum absolute atomic E-state index is 13.3. The van der Waals surface area contributed by atoms with Gasteiger partial charge in [-0.05, 0) is 55.7 Å². The van der Waals surface area contributed by atoms with E-state index in [-0.39, 0.29) is 24.5 Å². The number of morpholine rings is 1. The number of nitrogens with zero attached hydrogens (tertiary/aromatic N) is 5. The smallest absolute Gasteiger partial charge is 0.377 e. The summed E-state index contributed by atoms with van der Waals surface area (Å²) in [5, 5.41) is 6.24. The summed E-state index contributed by atoms with van der Waals surface area (Å²) in [5.74, 6) is 2.37. The molecule has 2 aromatic heterocycles. The molecule has 2 aliphatic heterocycles. The van der Waals surface area contributed by atoms with Crippen molar-refractivity contribution in [3.05, 3.63) is 41.2 Å². The second-order valence-corrected chi connectivity index (χ2v) is 12.1. The zero-order chi connectivity index (χ0) is 30.3. The number of ether oxygens (including phenoxy) is 1. The van der Waals surface area contributed by atoms with E-state index in [4.69, 9.17) is 24.5 Å². The molecule has 6 rings (SSSR count). The number of anilines is 2. The lowest BCUT2D eigenvalue weighted by Crippen LogP contribution is -2.47. The van der Waals surface area contributed by atoms with Crippen molar-refractivity contribution < 1.29 is 27.5 Å². The minimum absolute atomic E-state index is 0.0545. The Morgan fingerprint density at radius 1 is 1.12 bits per heavy atom. The maximum Gasteiger partial charge on any atom is 0.427 e. The zero-order valence-corrected chi connectivity index (χ0v) is 24.4. The van der Waals surface area contributed by atoms with Gasteiger partial charge in [0.1, 0.15) is 5.52 Å². The first-order chi connectivity index (χ1) is 20.6. The standard InChI is InChI=1S/C29H37F3N8O3/c1-16(2)13-21-15-42-12-11-39(21)27-36-24-22(40(27)14-18-7-9-20(10-8-18)29(30,31)32)23(33-17(3)19-5-4-6-19)34-25(35-24)26-37-28(41)43-38-26/h7-10,16-17,19,21,26,38H,4-6,11-15H2,1-3H3,(H,37,41)(H,33,34,35)/t17-,21?,26?/m1/s1. The molecule has 0 spiro atoms. The fraction of sp³-hybridized carbons (Fsp3) is 0.586. The molecule has 11 nitrogen and oxygen atoms in total. The molecule has 1 aliphatic carbocycles. The second-order valence-electron chi connectivity index (χ2n) is 12.1. The number of carbonyl (C=O) groups excluding carboxylic acids is 1. The largest absolute Gasteiger partial charge is 0.427 e. The van der Waals surface area contributed by atoms with Crippen molar-refractivity contribution in [1.82, 2.24) is 30.3 Å². The molecule has 2 unspecified atom stereocenters. The van der Waals surface area contributed by atoms with E-state index in [1.807, 2.05) is 4.57 Å². The molecule has 2 saturated heterocycles. The van der Waals surface area contributed by atoms with E-state index in [9.17, 15) is 18.0 Å². The predicted molar refractivity (Wildman–Crippen MR) is 153 cm³/mol. The topological polar surface area (TPSA) is 118 Å². The summed E-state index contributed by atoms with van der Waals surface area (Å²) in [6.45, 7) is 8.35. The van der Waals surface area contributed by atoms with Gasteiger partial charge in [-0.15, -0.1) is 5.48 Å². The van der Waals surface area contributed by atoms with Crippen LogP contribution in [0.5, 0.6) is 0 Å². The van der Waals surface area contributed by atoms with Gasteiger partial charge in [-0.2, -0.15) is 18.2 Å². The lowest BCUT2D eigenvalue weighted by molar-refractivity contribution is -0.137. The van der Waals surface area contributed by atoms with Gasteiger partial charge in [-0.3, -0.25) is 5.32 Å². The summed E-state index contributed by atoms with van der Waals surface area (Å²) in [6.07, 6.45) is -1.54. The van der Waals surface area contributed by atoms with Crippen LogP contribution in [-0.4, -0.2) is 57.5 Å². The van der Waals surface area contributed by atoms with Gasteiger partial charge in [0, 0.05) is 12.6 Å². The van der Waals surface area contributed by atoms with Crippen LogP contribution in [0, 0.1) is 11.8 Å². The highest BCUT2D eigenvalue weighted by molar-refractivity contribution is 5.86. The first-order valence-corrected chi connectivity index (χ1v) is 14.8. The number of fused-ring (bicyclic) bond motifs is 1. The summed E-state index contributed by atoms with van der Waals surface area (Å²) in [6, 6.07) is 5.36. The molecule has 3 aromatic rings. The molecule has 0 radical (unpaired) electrons. The normalized spacial score (nSPS) is 22.0. The number of hydroxylamine groups is 1. The van der Waals surface area contributed by atoms with Gasteiger partial charge in [0.25, 0.3) is 0 Å². The number of amides is 1. The SMILES string of the molecule is CC(C)CC1COCCN1c1nc2nc(C3NOC(=O)N3)nc(N[C@H](C)C3CCC3)c2n1Cc1ccc(C(F)(F)F)cc1. The minimum atomic E-state index is -4.42. The predicted octanol–water partition coefficient (Wildman–Crippen LogP) is 4.99. The van der Waals surface area contributed by atoms with Gasteiger partial charge in [0.2, 0.25) is 5.95 Å². The third-order valence-electron chi connectivity index (χ3n) is 8.46. The molecule has 1 amide bonds. The highest BCUT2D eigenvalue weighted by Crippen LogP contribution is 2.36. The average Bonchev–Trinajstić information content (AvgIpc) is 3.51. The number of hydrogen-bond acceptors (Lipinski definition) is 9. The van der Waals surface area contributed by atoms with Crippen molar-refractivity contribution in [3.8, 4) is 0 Å². The van der Waals surface area contributed by atoms with E-state index in [1.54, 1.807) is 0 Å². The van der Waals surface area contributed by atoms with Crippen molar-refractivity contribution >= 4 is 29.0 Å². The number of alkyl halides is 3. The number of imidazole rings is 1. The number of aromatic nitrogens is 4. The van der Waals surface area contributed by atoms with E-state index in [0.29, 0.717) is 60.1 Å². The van der Waals surface area contributed by atoms with Gasteiger partial charge >= 0.3 is 12.3 Å². The summed E-state index contributed by atoms with van der Waals surface area (Å²) < 4.78 is 47.8. The Kier molecular flexibility index (Phi) is 8.07. The summed E-state index contributed by atoms with van der Waals surface area (Å²) in [5.41, 5.74) is 3.65. The Hall–Kier alpha value is -3.65. The van der Waals surface area contributed by atoms with Crippen molar-refractivity contribution in [3.63, 3.8) is 0 Å². The van der Waals surface area contributed by atoms with Gasteiger partial charge in [-0.25, -0.2) is 14.8 Å². The van der Waals surface area contributed by atoms with Crippen LogP contribution in [0.25, 0.3) is 11.2 Å². The number of rotatable bonds is 9. The van der Waals surface area contributed by atoms with Crippen molar-refractivity contribution in [2.75, 3.05) is 30.0 Å². The number of benzene rings is 1. The van der Waals surface area contributed by atoms with E-state index in [2.05, 4.69) is 41.8 Å². The molecule has 0 bridgehead atoms. The van der Waals surface area contributed by atoms with Crippen LogP contribution in [0.3, 0.4) is 0 Å². The number of hydrogen-bond donors (Lipinski definition) is 3. The molecule has 14 heteroatoms. The summed E-state index contributed by atoms with van der Waals surface area (Å²) in [7, 11) is 0. The molecule has 3 aliphatic rings. The monoisotopic (exact) mass is 602 g/mol. The summed E-state index contributed by atoms with van der Waals surface area (Å²) >= 11 is 0. The van der Waals surface area contributed by atoms with Crippen molar-refractivity contribution in [2.45, 2.75) is 77.4 Å². The van der Waals surface area contributed by atoms with Gasteiger partial charge in [0.15, 0.2) is 23.5 Å². The van der Waals surface area contributed by atoms with Crippen molar-refractivity contribution in [2.24, 2.45) is 11.8 Å². The molecule has 232 valence electrons. The minimum Gasteiger partial charge on any atom is -0.377 e. The van der Waals surface area contributed by atoms with E-state index < -0.39 is 24.0 Å². The molecule has 3 N–H and O–H groups in total. The van der Waals surface area contributed by atoms with Crippen LogP contribution < -0.4 is 21.0 Å². The second kappa shape index (κ2) is 11.8. The molecule has 3 fully saturated rings. The van der Waals surface area contributed by atoms with Crippen LogP contribution >= 0.6 is 0 Å². The molecule has 4 heterocycles. The molecular weight excluding hydrogens is 565 g/mol. The highest BCUT2D eigenvalue weighted by Gasteiger charge is 2.34. The van der Waals surface area contributed by atoms with Crippen LogP contribution in [0.2, 0.25) is 0 Å². The lowest BCUT2D eigenvalue weighted by Gasteiger charge is -2.37. The third-order valence-corrected chi connectivity index (χ3v) is 8.46. The first-order valence-electron chi connectivity index (χ1n) is 14.8. The average molecular weight is 603 g/mol. The Morgan fingerprint density at radius 3 is 2.51 bits per heavy atom. The molecule has 43 heavy (non-hydrogen) atoms. The Labute approximate surface area is 247 Å². The summed E-state index contributed by atoms with van der Waals surface area (Å²) in [4.78, 5) is 33.5. The maximum atomic E-state index is 13.3. The number of carbonyl (C=O) groups is 1. The quantitative estimate of drug-likeness (QED) is 0.311. The number of nitrogens with one attached hydrogen (secondary N) is 3. The van der Waals surface area contributed by atoms with E-state index in [1.165, 1.54) is 18.6 Å². The zero-order valence-electron chi connectivity index (χ0n) is 24.4. The first kappa shape index (κ1) is 29.4. The lowest BCUT2D eigenvalue weighted by atomic mass is 9.80. The van der Waals surface area contributed by atoms with Gasteiger partial charge in [-0.1, -0.05) is 32.4 Å². The van der Waals surface area contributed by atoms with Crippen LogP contribution in [0.4, 0.5) is 29.7 Å². The van der Waals surface area contributed by atoms with Crippen LogP contribution in [-0.2, 0) is 22.3 Å². The molecule has 1 saturated carbocycles. The van der Waals surface area contributed by atoms with Crippen molar-refractivity contribution in [1.29, 1.82) is 0 Å². The van der Waals surface area contributed by atoms with Gasteiger partial charge < -0.3 is 24.4 Å². The highest BCUT2D eigenvalue weighted by atomic mass is 19.4. The Bertz CT molecular complexity index is 1460. The van der Waals surface area contributed by atoms with E-state index in [0.717, 1.165) is 31.4 Å². The van der Waals surface area contributed by atoms with E-state index >= 15 is 0 Å². The van der Waals surface area contributed by atoms with Crippen LogP contribution in [0.1, 0.15) is 69.6 Å². The Balaban J connectivity index is 1.49.